The van der Waals surface area contributed by atoms with Crippen molar-refractivity contribution in [2.45, 2.75) is 50.5 Å². The van der Waals surface area contributed by atoms with Crippen molar-refractivity contribution in [1.29, 1.82) is 0 Å². The third-order valence-corrected chi connectivity index (χ3v) is 6.60. The van der Waals surface area contributed by atoms with Crippen molar-refractivity contribution in [3.63, 3.8) is 0 Å². The number of carboxylic acid groups (broad SMARTS) is 1. The Hall–Kier alpha value is -2.45. The molecule has 1 aromatic carbocycles. The number of benzene rings is 1. The highest BCUT2D eigenvalue weighted by molar-refractivity contribution is 6.07. The molecule has 3 aliphatic rings. The van der Waals surface area contributed by atoms with Crippen LogP contribution in [0.3, 0.4) is 0 Å². The largest absolute Gasteiger partial charge is 0.483 e. The molecule has 2 atom stereocenters. The van der Waals surface area contributed by atoms with Crippen molar-refractivity contribution >= 4 is 24.0 Å². The zero-order valence-corrected chi connectivity index (χ0v) is 18.2. The second-order valence-electron chi connectivity index (χ2n) is 8.28. The molecule has 8 nitrogen and oxygen atoms in total. The van der Waals surface area contributed by atoms with Gasteiger partial charge in [0.25, 0.3) is 6.47 Å². The fraction of sp³-hybridized carbons (Fsp3) is 0.609. The number of hydrogen-bond donors (Lipinski definition) is 2. The highest BCUT2D eigenvalue weighted by atomic mass is 16.5. The molecule has 3 heterocycles. The number of likely N-dealkylation sites (tertiary alicyclic amines) is 1. The summed E-state index contributed by atoms with van der Waals surface area (Å²) in [6.07, 6.45) is 3.95. The lowest BCUT2D eigenvalue weighted by molar-refractivity contribution is -0.133. The average Bonchev–Trinajstić information content (AvgIpc) is 3.29. The Bertz CT molecular complexity index is 780. The molecule has 2 amide bonds. The molecule has 2 fully saturated rings. The summed E-state index contributed by atoms with van der Waals surface area (Å²) in [7, 11) is 0. The first kappa shape index (κ1) is 23.2. The van der Waals surface area contributed by atoms with Crippen LogP contribution in [0, 0.1) is 0 Å². The Balaban J connectivity index is 0.000000858. The maximum absolute atomic E-state index is 13.1. The van der Waals surface area contributed by atoms with Crippen LogP contribution in [0.4, 0.5) is 5.69 Å². The van der Waals surface area contributed by atoms with Gasteiger partial charge in [-0.2, -0.15) is 0 Å². The van der Waals surface area contributed by atoms with Crippen LogP contribution in [0.15, 0.2) is 24.3 Å². The summed E-state index contributed by atoms with van der Waals surface area (Å²) in [6, 6.07) is 7.94. The molecule has 4 rings (SSSR count). The minimum atomic E-state index is -0.577. The predicted octanol–water partition coefficient (Wildman–Crippen LogP) is 2.09. The van der Waals surface area contributed by atoms with Crippen LogP contribution in [0.25, 0.3) is 0 Å². The van der Waals surface area contributed by atoms with Gasteiger partial charge in [-0.1, -0.05) is 31.5 Å². The van der Waals surface area contributed by atoms with Crippen LogP contribution in [-0.2, 0) is 24.5 Å². The second-order valence-corrected chi connectivity index (χ2v) is 8.28. The highest BCUT2D eigenvalue weighted by Crippen LogP contribution is 2.49. The normalized spacial score (nSPS) is 25.0. The van der Waals surface area contributed by atoms with Crippen molar-refractivity contribution in [3.05, 3.63) is 29.8 Å². The van der Waals surface area contributed by atoms with E-state index in [1.807, 2.05) is 23.1 Å². The average molecular weight is 432 g/mol. The minimum Gasteiger partial charge on any atom is -0.483 e. The van der Waals surface area contributed by atoms with E-state index in [0.717, 1.165) is 69.8 Å². The number of ether oxygens (including phenoxy) is 1. The Kier molecular flexibility index (Phi) is 8.03. The van der Waals surface area contributed by atoms with Gasteiger partial charge in [0, 0.05) is 31.7 Å². The molecular formula is C23H33N3O5. The Morgan fingerprint density at radius 1 is 1.29 bits per heavy atom. The van der Waals surface area contributed by atoms with Crippen LogP contribution in [0.5, 0.6) is 0 Å². The molecule has 2 saturated heterocycles. The van der Waals surface area contributed by atoms with E-state index in [1.54, 1.807) is 0 Å². The van der Waals surface area contributed by atoms with Gasteiger partial charge in [-0.05, 0) is 37.4 Å². The first-order valence-electron chi connectivity index (χ1n) is 11.2. The summed E-state index contributed by atoms with van der Waals surface area (Å²) in [5.41, 5.74) is 1.41. The van der Waals surface area contributed by atoms with Crippen molar-refractivity contribution in [1.82, 2.24) is 9.80 Å². The summed E-state index contributed by atoms with van der Waals surface area (Å²) < 4.78 is 5.39. The number of nitrogens with zero attached hydrogens (tertiary/aromatic N) is 2. The highest BCUT2D eigenvalue weighted by Gasteiger charge is 2.58. The number of morpholine rings is 1. The maximum atomic E-state index is 13.1. The molecule has 2 N–H and O–H groups in total. The smallest absolute Gasteiger partial charge is 0.290 e. The fourth-order valence-electron chi connectivity index (χ4n) is 5.20. The van der Waals surface area contributed by atoms with Crippen LogP contribution in [0.1, 0.15) is 44.6 Å². The summed E-state index contributed by atoms with van der Waals surface area (Å²) in [5, 5.41) is 9.96. The maximum Gasteiger partial charge on any atom is 0.290 e. The van der Waals surface area contributed by atoms with Gasteiger partial charge >= 0.3 is 0 Å². The molecule has 1 spiro atoms. The minimum absolute atomic E-state index is 0.0444. The van der Waals surface area contributed by atoms with Crippen LogP contribution in [-0.4, -0.2) is 78.6 Å². The molecule has 0 radical (unpaired) electrons. The topological polar surface area (TPSA) is 99.2 Å². The van der Waals surface area contributed by atoms with Gasteiger partial charge < -0.3 is 20.1 Å². The Morgan fingerprint density at radius 2 is 2.00 bits per heavy atom. The fourth-order valence-corrected chi connectivity index (χ4v) is 5.20. The monoisotopic (exact) mass is 431 g/mol. The molecule has 170 valence electrons. The van der Waals surface area contributed by atoms with Gasteiger partial charge in [-0.15, -0.1) is 0 Å². The zero-order valence-electron chi connectivity index (χ0n) is 18.2. The molecular weight excluding hydrogens is 398 g/mol. The molecule has 0 bridgehead atoms. The van der Waals surface area contributed by atoms with E-state index in [0.29, 0.717) is 13.0 Å². The number of nitrogens with one attached hydrogen (secondary N) is 1. The molecule has 0 unspecified atom stereocenters. The first-order chi connectivity index (χ1) is 15.1. The van der Waals surface area contributed by atoms with Gasteiger partial charge in [0.1, 0.15) is 0 Å². The molecule has 31 heavy (non-hydrogen) atoms. The summed E-state index contributed by atoms with van der Waals surface area (Å²) in [5.74, 6) is 0.261. The number of amides is 2. The number of carbonyl (C=O) groups excluding carboxylic acids is 2. The van der Waals surface area contributed by atoms with Crippen molar-refractivity contribution < 1.29 is 24.2 Å². The first-order valence-corrected chi connectivity index (χ1v) is 11.2. The Labute approximate surface area is 183 Å². The molecule has 0 saturated carbocycles. The van der Waals surface area contributed by atoms with Crippen LogP contribution in [0.2, 0.25) is 0 Å². The molecule has 1 aromatic rings. The Morgan fingerprint density at radius 3 is 2.71 bits per heavy atom. The third-order valence-electron chi connectivity index (χ3n) is 6.60. The van der Waals surface area contributed by atoms with Gasteiger partial charge in [0.2, 0.25) is 11.8 Å². The van der Waals surface area contributed by atoms with E-state index in [-0.39, 0.29) is 24.3 Å². The molecule has 0 aliphatic carbocycles. The van der Waals surface area contributed by atoms with Crippen molar-refractivity contribution in [2.24, 2.45) is 0 Å². The second kappa shape index (κ2) is 10.7. The number of rotatable bonds is 6. The van der Waals surface area contributed by atoms with E-state index in [1.165, 1.54) is 0 Å². The zero-order chi connectivity index (χ0) is 22.3. The molecule has 0 aromatic heterocycles. The summed E-state index contributed by atoms with van der Waals surface area (Å²) in [6.45, 7) is 6.97. The van der Waals surface area contributed by atoms with E-state index in [2.05, 4.69) is 23.2 Å². The standard InChI is InChI=1S/C22H31N3O3.CH2O2/c1-2-6-19-22(17-7-3-4-8-18(17)23-21(22)27)10-12-25(19)20(26)9-5-11-24-13-15-28-16-14-24;2-1-3/h3-4,7-8,19H,2,5-6,9-16H2,1H3,(H,23,27);1H,(H,2,3)/t19-,22+;/m0./s1. The van der Waals surface area contributed by atoms with Gasteiger partial charge in [0.05, 0.1) is 24.7 Å². The SMILES string of the molecule is CCC[C@@H]1N(C(=O)CCCN2CCOCC2)CC[C@]12C(=O)Nc1ccccc12.O=CO. The number of carbonyl (C=O) groups is 3. The van der Waals surface area contributed by atoms with E-state index < -0.39 is 5.41 Å². The number of anilines is 1. The quantitative estimate of drug-likeness (QED) is 0.669. The van der Waals surface area contributed by atoms with Gasteiger partial charge in [-0.3, -0.25) is 19.3 Å². The van der Waals surface area contributed by atoms with Crippen LogP contribution < -0.4 is 5.32 Å². The van der Waals surface area contributed by atoms with Gasteiger partial charge in [0.15, 0.2) is 0 Å². The van der Waals surface area contributed by atoms with E-state index in [4.69, 9.17) is 14.6 Å². The lowest BCUT2D eigenvalue weighted by atomic mass is 9.73. The van der Waals surface area contributed by atoms with E-state index in [9.17, 15) is 9.59 Å². The lowest BCUT2D eigenvalue weighted by Gasteiger charge is -2.34. The molecule has 8 heteroatoms. The number of hydrogen-bond acceptors (Lipinski definition) is 5. The van der Waals surface area contributed by atoms with Crippen molar-refractivity contribution in [2.75, 3.05) is 44.7 Å². The van der Waals surface area contributed by atoms with Crippen LogP contribution >= 0.6 is 0 Å². The van der Waals surface area contributed by atoms with Gasteiger partial charge in [-0.25, -0.2) is 0 Å². The van der Waals surface area contributed by atoms with Crippen molar-refractivity contribution in [3.8, 4) is 0 Å². The summed E-state index contributed by atoms with van der Waals surface area (Å²) in [4.78, 5) is 38.9. The third kappa shape index (κ3) is 4.75. The lowest BCUT2D eigenvalue weighted by Crippen LogP contribution is -2.48. The van der Waals surface area contributed by atoms with E-state index >= 15 is 0 Å². The number of para-hydroxylation sites is 1. The summed E-state index contributed by atoms with van der Waals surface area (Å²) >= 11 is 0. The predicted molar refractivity (Wildman–Crippen MR) is 117 cm³/mol. The number of fused-ring (bicyclic) bond motifs is 2. The molecule has 3 aliphatic heterocycles.